The summed E-state index contributed by atoms with van der Waals surface area (Å²) in [6.07, 6.45) is 8.31. The molecule has 0 spiro atoms. The number of ether oxygens (including phenoxy) is 1. The van der Waals surface area contributed by atoms with Gasteiger partial charge in [0.25, 0.3) is 0 Å². The zero-order valence-corrected chi connectivity index (χ0v) is 20.0. The molecule has 7 nitrogen and oxygen atoms in total. The van der Waals surface area contributed by atoms with E-state index in [1.807, 2.05) is 13.8 Å². The standard InChI is InChI=1S/C25H37N3O4/c1-7-10-16-26-23(30)22(20-15-13-12-14-19(20)9-3)28(17-11-8-2)21(29)18-27-24(31)32-25(4,5)6/h3,12-15,22H,7-8,10-11,16-18H2,1-2,4-6H3,(H,26,30)(H,27,31). The Bertz CT molecular complexity index is 808. The monoisotopic (exact) mass is 443 g/mol. The topological polar surface area (TPSA) is 87.7 Å². The molecule has 7 heteroatoms. The molecule has 3 amide bonds. The maximum atomic E-state index is 13.2. The van der Waals surface area contributed by atoms with E-state index in [4.69, 9.17) is 11.2 Å². The lowest BCUT2D eigenvalue weighted by Crippen LogP contribution is -2.48. The third-order valence-corrected chi connectivity index (χ3v) is 4.66. The summed E-state index contributed by atoms with van der Waals surface area (Å²) in [5, 5.41) is 5.43. The molecule has 32 heavy (non-hydrogen) atoms. The van der Waals surface area contributed by atoms with E-state index in [0.717, 1.165) is 19.3 Å². The summed E-state index contributed by atoms with van der Waals surface area (Å²) in [7, 11) is 0. The van der Waals surface area contributed by atoms with Gasteiger partial charge in [0.1, 0.15) is 18.2 Å². The van der Waals surface area contributed by atoms with Crippen LogP contribution in [0.25, 0.3) is 0 Å². The van der Waals surface area contributed by atoms with Gasteiger partial charge in [-0.2, -0.15) is 0 Å². The molecule has 1 aromatic carbocycles. The highest BCUT2D eigenvalue weighted by atomic mass is 16.6. The molecule has 0 heterocycles. The summed E-state index contributed by atoms with van der Waals surface area (Å²) in [5.74, 6) is 1.94. The lowest BCUT2D eigenvalue weighted by atomic mass is 9.97. The lowest BCUT2D eigenvalue weighted by Gasteiger charge is -2.32. The molecule has 1 rings (SSSR count). The van der Waals surface area contributed by atoms with Crippen LogP contribution in [0.4, 0.5) is 4.79 Å². The molecule has 0 fully saturated rings. The Balaban J connectivity index is 3.21. The van der Waals surface area contributed by atoms with E-state index >= 15 is 0 Å². The summed E-state index contributed by atoms with van der Waals surface area (Å²) in [4.78, 5) is 40.0. The molecule has 0 radical (unpaired) electrons. The molecule has 0 aliphatic rings. The molecule has 1 aromatic rings. The summed E-state index contributed by atoms with van der Waals surface area (Å²) in [6.45, 7) is 9.87. The minimum Gasteiger partial charge on any atom is -0.444 e. The van der Waals surface area contributed by atoms with Crippen molar-refractivity contribution in [2.45, 2.75) is 71.9 Å². The zero-order chi connectivity index (χ0) is 24.1. The van der Waals surface area contributed by atoms with Crippen LogP contribution >= 0.6 is 0 Å². The van der Waals surface area contributed by atoms with Gasteiger partial charge in [-0.3, -0.25) is 9.59 Å². The number of amides is 3. The van der Waals surface area contributed by atoms with Crippen molar-refractivity contribution >= 4 is 17.9 Å². The number of alkyl carbamates (subject to hydrolysis) is 1. The Labute approximate surface area is 192 Å². The van der Waals surface area contributed by atoms with Gasteiger partial charge < -0.3 is 20.3 Å². The predicted molar refractivity (Wildman–Crippen MR) is 126 cm³/mol. The van der Waals surface area contributed by atoms with Crippen LogP contribution in [0.2, 0.25) is 0 Å². The molecular formula is C25H37N3O4. The van der Waals surface area contributed by atoms with Gasteiger partial charge in [0.05, 0.1) is 0 Å². The fourth-order valence-corrected chi connectivity index (χ4v) is 3.09. The minimum atomic E-state index is -0.890. The molecule has 0 aliphatic heterocycles. The Morgan fingerprint density at radius 3 is 2.34 bits per heavy atom. The number of hydrogen-bond acceptors (Lipinski definition) is 4. The van der Waals surface area contributed by atoms with Crippen molar-refractivity contribution in [3.8, 4) is 12.3 Å². The van der Waals surface area contributed by atoms with E-state index in [1.165, 1.54) is 4.90 Å². The number of unbranched alkanes of at least 4 members (excludes halogenated alkanes) is 2. The van der Waals surface area contributed by atoms with Crippen molar-refractivity contribution in [1.82, 2.24) is 15.5 Å². The van der Waals surface area contributed by atoms with Gasteiger partial charge in [-0.1, -0.05) is 50.8 Å². The maximum Gasteiger partial charge on any atom is 0.408 e. The van der Waals surface area contributed by atoms with Crippen LogP contribution in [0, 0.1) is 12.3 Å². The van der Waals surface area contributed by atoms with Crippen LogP contribution < -0.4 is 10.6 Å². The highest BCUT2D eigenvalue weighted by Crippen LogP contribution is 2.25. The fourth-order valence-electron chi connectivity index (χ4n) is 3.09. The first kappa shape index (κ1) is 27.0. The summed E-state index contributed by atoms with van der Waals surface area (Å²) < 4.78 is 5.22. The molecule has 1 atom stereocenters. The number of carbonyl (C=O) groups excluding carboxylic acids is 3. The van der Waals surface area contributed by atoms with Gasteiger partial charge in [0, 0.05) is 18.7 Å². The van der Waals surface area contributed by atoms with Gasteiger partial charge >= 0.3 is 6.09 Å². The van der Waals surface area contributed by atoms with Crippen LogP contribution in [-0.4, -0.2) is 48.0 Å². The number of nitrogens with one attached hydrogen (secondary N) is 2. The van der Waals surface area contributed by atoms with E-state index < -0.39 is 17.7 Å². The molecule has 2 N–H and O–H groups in total. The summed E-state index contributed by atoms with van der Waals surface area (Å²) in [5.41, 5.74) is 0.464. The van der Waals surface area contributed by atoms with Crippen molar-refractivity contribution in [1.29, 1.82) is 0 Å². The second-order valence-electron chi connectivity index (χ2n) is 8.57. The first-order chi connectivity index (χ1) is 15.1. The van der Waals surface area contributed by atoms with Gasteiger partial charge in [0.15, 0.2) is 0 Å². The Kier molecular flexibility index (Phi) is 11.3. The maximum absolute atomic E-state index is 13.2. The molecule has 0 aliphatic carbocycles. The van der Waals surface area contributed by atoms with Crippen molar-refractivity contribution in [3.05, 3.63) is 35.4 Å². The number of hydrogen-bond donors (Lipinski definition) is 2. The number of carbonyl (C=O) groups is 3. The molecule has 0 saturated heterocycles. The Hall–Kier alpha value is -3.01. The van der Waals surface area contributed by atoms with Crippen LogP contribution in [0.15, 0.2) is 24.3 Å². The first-order valence-corrected chi connectivity index (χ1v) is 11.2. The Morgan fingerprint density at radius 1 is 1.09 bits per heavy atom. The Morgan fingerprint density at radius 2 is 1.75 bits per heavy atom. The third kappa shape index (κ3) is 9.01. The van der Waals surface area contributed by atoms with Crippen LogP contribution in [0.1, 0.15) is 77.5 Å². The highest BCUT2D eigenvalue weighted by molar-refractivity contribution is 5.91. The first-order valence-electron chi connectivity index (χ1n) is 11.2. The molecule has 176 valence electrons. The van der Waals surface area contributed by atoms with E-state index in [1.54, 1.807) is 45.0 Å². The van der Waals surface area contributed by atoms with Gasteiger partial charge in [-0.05, 0) is 45.2 Å². The SMILES string of the molecule is C#Cc1ccccc1C(C(=O)NCCCC)N(CCCC)C(=O)CNC(=O)OC(C)(C)C. The van der Waals surface area contributed by atoms with Gasteiger partial charge in [-0.25, -0.2) is 4.79 Å². The smallest absolute Gasteiger partial charge is 0.408 e. The number of rotatable bonds is 11. The van der Waals surface area contributed by atoms with Crippen LogP contribution in [0.3, 0.4) is 0 Å². The second kappa shape index (κ2) is 13.4. The highest BCUT2D eigenvalue weighted by Gasteiger charge is 2.32. The van der Waals surface area contributed by atoms with Gasteiger partial charge in [-0.15, -0.1) is 6.42 Å². The van der Waals surface area contributed by atoms with E-state index in [9.17, 15) is 14.4 Å². The number of benzene rings is 1. The molecule has 0 saturated carbocycles. The normalized spacial score (nSPS) is 11.8. The van der Waals surface area contributed by atoms with Crippen molar-refractivity contribution < 1.29 is 19.1 Å². The predicted octanol–water partition coefficient (Wildman–Crippen LogP) is 3.78. The van der Waals surface area contributed by atoms with Crippen LogP contribution in [-0.2, 0) is 14.3 Å². The third-order valence-electron chi connectivity index (χ3n) is 4.66. The molecular weight excluding hydrogens is 406 g/mol. The summed E-state index contributed by atoms with van der Waals surface area (Å²) in [6, 6.07) is 6.23. The van der Waals surface area contributed by atoms with Crippen LogP contribution in [0.5, 0.6) is 0 Å². The minimum absolute atomic E-state index is 0.282. The average Bonchev–Trinajstić information content (AvgIpc) is 2.74. The van der Waals surface area contributed by atoms with E-state index in [2.05, 4.69) is 16.6 Å². The molecule has 0 bridgehead atoms. The molecule has 1 unspecified atom stereocenters. The molecule has 0 aromatic heterocycles. The average molecular weight is 444 g/mol. The van der Waals surface area contributed by atoms with Crippen molar-refractivity contribution in [2.24, 2.45) is 0 Å². The summed E-state index contributed by atoms with van der Waals surface area (Å²) >= 11 is 0. The lowest BCUT2D eigenvalue weighted by molar-refractivity contribution is -0.140. The second-order valence-corrected chi connectivity index (χ2v) is 8.57. The van der Waals surface area contributed by atoms with Gasteiger partial charge in [0.2, 0.25) is 11.8 Å². The zero-order valence-electron chi connectivity index (χ0n) is 20.0. The quantitative estimate of drug-likeness (QED) is 0.402. The number of terminal acetylenes is 1. The van der Waals surface area contributed by atoms with E-state index in [0.29, 0.717) is 30.6 Å². The number of nitrogens with zero attached hydrogens (tertiary/aromatic N) is 1. The fraction of sp³-hybridized carbons (Fsp3) is 0.560. The van der Waals surface area contributed by atoms with E-state index in [-0.39, 0.29) is 18.4 Å². The van der Waals surface area contributed by atoms with Crippen molar-refractivity contribution in [3.63, 3.8) is 0 Å². The van der Waals surface area contributed by atoms with Crippen molar-refractivity contribution in [2.75, 3.05) is 19.6 Å². The largest absolute Gasteiger partial charge is 0.444 e.